The van der Waals surface area contributed by atoms with Crippen molar-refractivity contribution < 1.29 is 14.2 Å². The zero-order chi connectivity index (χ0) is 19.3. The third kappa shape index (κ3) is 8.96. The first-order valence-corrected chi connectivity index (χ1v) is 9.86. The van der Waals surface area contributed by atoms with E-state index in [0.717, 1.165) is 56.2 Å². The van der Waals surface area contributed by atoms with Gasteiger partial charge in [-0.05, 0) is 49.6 Å². The Labute approximate surface area is 176 Å². The molecule has 156 valence electrons. The molecule has 0 saturated carbocycles. The minimum atomic E-state index is 0. The predicted molar refractivity (Wildman–Crippen MR) is 118 cm³/mol. The number of methoxy groups -OCH3 is 1. The number of hydrogen-bond acceptors (Lipinski definition) is 4. The molecular formula is C23H34ClNO3. The van der Waals surface area contributed by atoms with Crippen molar-refractivity contribution >= 4 is 12.4 Å². The van der Waals surface area contributed by atoms with Gasteiger partial charge >= 0.3 is 0 Å². The number of ether oxygens (including phenoxy) is 3. The van der Waals surface area contributed by atoms with Crippen LogP contribution in [0.2, 0.25) is 0 Å². The number of rotatable bonds is 13. The van der Waals surface area contributed by atoms with Crippen molar-refractivity contribution in [3.63, 3.8) is 0 Å². The maximum absolute atomic E-state index is 5.94. The topological polar surface area (TPSA) is 39.7 Å². The number of aryl methyl sites for hydroxylation is 1. The summed E-state index contributed by atoms with van der Waals surface area (Å²) >= 11 is 0. The van der Waals surface area contributed by atoms with Crippen LogP contribution in [0.25, 0.3) is 0 Å². The number of nitrogens with one attached hydrogen (secondary N) is 1. The van der Waals surface area contributed by atoms with Crippen molar-refractivity contribution in [2.75, 3.05) is 26.9 Å². The van der Waals surface area contributed by atoms with Gasteiger partial charge < -0.3 is 19.5 Å². The van der Waals surface area contributed by atoms with E-state index in [1.165, 1.54) is 17.5 Å². The molecule has 0 aliphatic rings. The first-order chi connectivity index (χ1) is 13.2. The van der Waals surface area contributed by atoms with Crippen molar-refractivity contribution in [2.45, 2.75) is 46.3 Å². The second kappa shape index (κ2) is 14.3. The van der Waals surface area contributed by atoms with E-state index in [2.05, 4.69) is 49.5 Å². The molecule has 4 nitrogen and oxygen atoms in total. The number of hydrogen-bond donors (Lipinski definition) is 1. The fourth-order valence-electron chi connectivity index (χ4n) is 2.67. The summed E-state index contributed by atoms with van der Waals surface area (Å²) in [7, 11) is 1.68. The molecule has 0 heterocycles. The average Bonchev–Trinajstić information content (AvgIpc) is 2.70. The van der Waals surface area contributed by atoms with E-state index in [1.807, 2.05) is 12.1 Å². The van der Waals surface area contributed by atoms with Gasteiger partial charge in [-0.1, -0.05) is 49.2 Å². The van der Waals surface area contributed by atoms with E-state index in [4.69, 9.17) is 14.2 Å². The lowest BCUT2D eigenvalue weighted by atomic mass is 10.1. The minimum absolute atomic E-state index is 0. The van der Waals surface area contributed by atoms with Crippen molar-refractivity contribution in [1.29, 1.82) is 0 Å². The Hall–Kier alpha value is -1.75. The number of benzene rings is 2. The second-order valence-corrected chi connectivity index (χ2v) is 6.76. The molecule has 0 aromatic heterocycles. The molecule has 0 spiro atoms. The molecule has 28 heavy (non-hydrogen) atoms. The molecule has 2 aromatic carbocycles. The molecule has 2 aromatic rings. The number of halogens is 1. The summed E-state index contributed by atoms with van der Waals surface area (Å²) in [6.45, 7) is 8.24. The molecule has 0 bridgehead atoms. The zero-order valence-corrected chi connectivity index (χ0v) is 18.1. The maximum atomic E-state index is 5.94. The largest absolute Gasteiger partial charge is 0.493 e. The van der Waals surface area contributed by atoms with Crippen LogP contribution in [0.15, 0.2) is 42.5 Å². The third-order valence-corrected chi connectivity index (χ3v) is 4.36. The monoisotopic (exact) mass is 407 g/mol. The van der Waals surface area contributed by atoms with Gasteiger partial charge in [-0.15, -0.1) is 12.4 Å². The maximum Gasteiger partial charge on any atom is 0.161 e. The summed E-state index contributed by atoms with van der Waals surface area (Å²) in [5, 5.41) is 3.45. The predicted octanol–water partition coefficient (Wildman–Crippen LogP) is 5.30. The van der Waals surface area contributed by atoms with Crippen LogP contribution in [-0.4, -0.2) is 26.9 Å². The molecule has 0 radical (unpaired) electrons. The standard InChI is InChI=1S/C23H33NO3.ClH/c1-4-5-14-26-15-6-13-24-17-21-11-12-22(23(16-21)25-3)27-18-20-9-7-19(2)8-10-20;/h7-12,16,24H,4-6,13-15,17-18H2,1-3H3;1H. The third-order valence-electron chi connectivity index (χ3n) is 4.36. The van der Waals surface area contributed by atoms with Crippen LogP contribution in [0.5, 0.6) is 11.5 Å². The Kier molecular flexibility index (Phi) is 12.4. The van der Waals surface area contributed by atoms with Crippen LogP contribution in [0.4, 0.5) is 0 Å². The first-order valence-electron chi connectivity index (χ1n) is 9.86. The van der Waals surface area contributed by atoms with Crippen molar-refractivity contribution in [2.24, 2.45) is 0 Å². The van der Waals surface area contributed by atoms with Crippen LogP contribution in [0.1, 0.15) is 42.9 Å². The lowest BCUT2D eigenvalue weighted by Crippen LogP contribution is -2.16. The van der Waals surface area contributed by atoms with Crippen LogP contribution in [-0.2, 0) is 17.9 Å². The summed E-state index contributed by atoms with van der Waals surface area (Å²) < 4.78 is 17.0. The molecule has 0 atom stereocenters. The van der Waals surface area contributed by atoms with Crippen LogP contribution < -0.4 is 14.8 Å². The number of unbranched alkanes of at least 4 members (excludes halogenated alkanes) is 1. The quantitative estimate of drug-likeness (QED) is 0.457. The Bertz CT molecular complexity index is 661. The van der Waals surface area contributed by atoms with Gasteiger partial charge in [-0.25, -0.2) is 0 Å². The van der Waals surface area contributed by atoms with E-state index in [0.29, 0.717) is 6.61 Å². The van der Waals surface area contributed by atoms with E-state index in [1.54, 1.807) is 7.11 Å². The van der Waals surface area contributed by atoms with Crippen LogP contribution in [0, 0.1) is 6.92 Å². The SMILES string of the molecule is CCCCOCCCNCc1ccc(OCc2ccc(C)cc2)c(OC)c1.Cl. The van der Waals surface area contributed by atoms with Gasteiger partial charge in [-0.3, -0.25) is 0 Å². The molecule has 5 heteroatoms. The molecule has 0 amide bonds. The first kappa shape index (κ1) is 24.3. The highest BCUT2D eigenvalue weighted by Crippen LogP contribution is 2.28. The lowest BCUT2D eigenvalue weighted by molar-refractivity contribution is 0.129. The van der Waals surface area contributed by atoms with Gasteiger partial charge in [0.2, 0.25) is 0 Å². The molecule has 0 aliphatic heterocycles. The van der Waals surface area contributed by atoms with Crippen LogP contribution in [0.3, 0.4) is 0 Å². The van der Waals surface area contributed by atoms with Gasteiger partial charge in [0.1, 0.15) is 6.61 Å². The van der Waals surface area contributed by atoms with Crippen molar-refractivity contribution in [3.05, 3.63) is 59.2 Å². The Morgan fingerprint density at radius 2 is 1.61 bits per heavy atom. The van der Waals surface area contributed by atoms with Gasteiger partial charge in [0.15, 0.2) is 11.5 Å². The van der Waals surface area contributed by atoms with E-state index < -0.39 is 0 Å². The Morgan fingerprint density at radius 1 is 0.893 bits per heavy atom. The van der Waals surface area contributed by atoms with E-state index in [-0.39, 0.29) is 12.4 Å². The molecular weight excluding hydrogens is 374 g/mol. The zero-order valence-electron chi connectivity index (χ0n) is 17.3. The average molecular weight is 408 g/mol. The fraction of sp³-hybridized carbons (Fsp3) is 0.478. The van der Waals surface area contributed by atoms with E-state index in [9.17, 15) is 0 Å². The highest BCUT2D eigenvalue weighted by atomic mass is 35.5. The fourth-order valence-corrected chi connectivity index (χ4v) is 2.67. The molecule has 0 saturated heterocycles. The summed E-state index contributed by atoms with van der Waals surface area (Å²) in [6, 6.07) is 14.5. The minimum Gasteiger partial charge on any atom is -0.493 e. The molecule has 0 aliphatic carbocycles. The van der Waals surface area contributed by atoms with Gasteiger partial charge in [0.25, 0.3) is 0 Å². The highest BCUT2D eigenvalue weighted by molar-refractivity contribution is 5.85. The van der Waals surface area contributed by atoms with Gasteiger partial charge in [0.05, 0.1) is 7.11 Å². The molecule has 0 unspecified atom stereocenters. The Balaban J connectivity index is 0.00000392. The van der Waals surface area contributed by atoms with Crippen molar-refractivity contribution in [3.8, 4) is 11.5 Å². The summed E-state index contributed by atoms with van der Waals surface area (Å²) in [4.78, 5) is 0. The van der Waals surface area contributed by atoms with Gasteiger partial charge in [0, 0.05) is 19.8 Å². The molecule has 1 N–H and O–H groups in total. The van der Waals surface area contributed by atoms with E-state index >= 15 is 0 Å². The Morgan fingerprint density at radius 3 is 2.32 bits per heavy atom. The summed E-state index contributed by atoms with van der Waals surface area (Å²) in [5.74, 6) is 1.54. The lowest BCUT2D eigenvalue weighted by Gasteiger charge is -2.13. The normalized spacial score (nSPS) is 10.4. The molecule has 2 rings (SSSR count). The summed E-state index contributed by atoms with van der Waals surface area (Å²) in [6.07, 6.45) is 3.36. The van der Waals surface area contributed by atoms with Gasteiger partial charge in [-0.2, -0.15) is 0 Å². The smallest absolute Gasteiger partial charge is 0.161 e. The second-order valence-electron chi connectivity index (χ2n) is 6.76. The van der Waals surface area contributed by atoms with Crippen LogP contribution >= 0.6 is 12.4 Å². The molecule has 0 fully saturated rings. The highest BCUT2D eigenvalue weighted by Gasteiger charge is 2.06. The summed E-state index contributed by atoms with van der Waals surface area (Å²) in [5.41, 5.74) is 3.58. The van der Waals surface area contributed by atoms with Crippen molar-refractivity contribution in [1.82, 2.24) is 5.32 Å².